The van der Waals surface area contributed by atoms with Crippen LogP contribution in [-0.2, 0) is 0 Å². The normalized spacial score (nSPS) is 12.5. The number of amides is 1. The molecule has 1 atom stereocenters. The van der Waals surface area contributed by atoms with Crippen LogP contribution in [0.3, 0.4) is 0 Å². The van der Waals surface area contributed by atoms with Crippen molar-refractivity contribution in [1.82, 2.24) is 20.3 Å². The van der Waals surface area contributed by atoms with Crippen LogP contribution in [0.25, 0.3) is 5.69 Å². The fraction of sp³-hybridized carbons (Fsp3) is 0.400. The van der Waals surface area contributed by atoms with E-state index in [0.29, 0.717) is 11.4 Å². The van der Waals surface area contributed by atoms with Crippen LogP contribution in [0.15, 0.2) is 18.2 Å². The number of rotatable bonds is 5. The zero-order chi connectivity index (χ0) is 17.1. The highest BCUT2D eigenvalue weighted by atomic mass is 35.5. The van der Waals surface area contributed by atoms with Crippen molar-refractivity contribution >= 4 is 17.5 Å². The van der Waals surface area contributed by atoms with Gasteiger partial charge in [0.15, 0.2) is 5.69 Å². The average molecular weight is 341 g/mol. The maximum atomic E-state index is 13.2. The number of nitrogens with one attached hydrogen (secondary N) is 1. The van der Waals surface area contributed by atoms with Crippen LogP contribution in [0.2, 0.25) is 5.02 Å². The largest absolute Gasteiger partial charge is 0.391 e. The van der Waals surface area contributed by atoms with Crippen LogP contribution in [0.5, 0.6) is 0 Å². The Balaban J connectivity index is 2.18. The molecule has 2 rings (SSSR count). The first-order chi connectivity index (χ1) is 10.8. The lowest BCUT2D eigenvalue weighted by atomic mass is 10.1. The van der Waals surface area contributed by atoms with Gasteiger partial charge in [-0.3, -0.25) is 4.79 Å². The molecule has 0 aliphatic rings. The Hall–Kier alpha value is -1.99. The predicted molar refractivity (Wildman–Crippen MR) is 84.2 cm³/mol. The zero-order valence-electron chi connectivity index (χ0n) is 13.0. The van der Waals surface area contributed by atoms with E-state index in [4.69, 9.17) is 11.6 Å². The maximum absolute atomic E-state index is 13.2. The molecule has 0 saturated heterocycles. The van der Waals surface area contributed by atoms with Gasteiger partial charge in [0.05, 0.1) is 22.5 Å². The SMILES string of the molecule is Cc1c(C(=O)NCC(O)C(C)C)nnn1-c1ccc(F)c(Cl)c1. The summed E-state index contributed by atoms with van der Waals surface area (Å²) in [5.74, 6) is -0.927. The molecule has 8 heteroatoms. The van der Waals surface area contributed by atoms with Crippen molar-refractivity contribution in [2.24, 2.45) is 5.92 Å². The molecule has 2 aromatic rings. The van der Waals surface area contributed by atoms with E-state index in [1.54, 1.807) is 6.92 Å². The van der Waals surface area contributed by atoms with Gasteiger partial charge in [-0.1, -0.05) is 30.7 Å². The monoisotopic (exact) mass is 340 g/mol. The number of hydrogen-bond donors (Lipinski definition) is 2. The molecule has 0 aliphatic heterocycles. The highest BCUT2D eigenvalue weighted by molar-refractivity contribution is 6.30. The number of carbonyl (C=O) groups excluding carboxylic acids is 1. The molecular formula is C15H18ClFN4O2. The van der Waals surface area contributed by atoms with Gasteiger partial charge < -0.3 is 10.4 Å². The molecule has 1 amide bonds. The Morgan fingerprint density at radius 3 is 2.78 bits per heavy atom. The van der Waals surface area contributed by atoms with E-state index >= 15 is 0 Å². The lowest BCUT2D eigenvalue weighted by Crippen LogP contribution is -2.35. The molecule has 23 heavy (non-hydrogen) atoms. The van der Waals surface area contributed by atoms with Gasteiger partial charge in [0.2, 0.25) is 0 Å². The second-order valence-corrected chi connectivity index (χ2v) is 5.96. The highest BCUT2D eigenvalue weighted by Crippen LogP contribution is 2.20. The number of hydrogen-bond acceptors (Lipinski definition) is 4. The van der Waals surface area contributed by atoms with Crippen LogP contribution < -0.4 is 5.32 Å². The molecule has 1 heterocycles. The molecule has 0 aliphatic carbocycles. The number of aliphatic hydroxyl groups is 1. The van der Waals surface area contributed by atoms with Crippen LogP contribution >= 0.6 is 11.6 Å². The van der Waals surface area contributed by atoms with Gasteiger partial charge >= 0.3 is 0 Å². The molecule has 6 nitrogen and oxygen atoms in total. The number of nitrogens with zero attached hydrogens (tertiary/aromatic N) is 3. The number of aliphatic hydroxyl groups excluding tert-OH is 1. The molecule has 2 N–H and O–H groups in total. The number of halogens is 2. The molecular weight excluding hydrogens is 323 g/mol. The van der Waals surface area contributed by atoms with Crippen molar-refractivity contribution < 1.29 is 14.3 Å². The molecule has 124 valence electrons. The summed E-state index contributed by atoms with van der Waals surface area (Å²) < 4.78 is 14.6. The first-order valence-corrected chi connectivity index (χ1v) is 7.53. The summed E-state index contributed by atoms with van der Waals surface area (Å²) in [7, 11) is 0. The van der Waals surface area contributed by atoms with Crippen molar-refractivity contribution in [3.63, 3.8) is 0 Å². The second-order valence-electron chi connectivity index (χ2n) is 5.56. The van der Waals surface area contributed by atoms with Crippen LogP contribution in [0.1, 0.15) is 30.0 Å². The standard InChI is InChI=1S/C15H18ClFN4O2/c1-8(2)13(22)7-18-15(23)14-9(3)21(20-19-14)10-4-5-12(17)11(16)6-10/h4-6,8,13,22H,7H2,1-3H3,(H,18,23). The van der Waals surface area contributed by atoms with Gasteiger partial charge in [-0.25, -0.2) is 9.07 Å². The van der Waals surface area contributed by atoms with Crippen molar-refractivity contribution in [2.75, 3.05) is 6.54 Å². The Bertz CT molecular complexity index is 717. The molecule has 0 spiro atoms. The van der Waals surface area contributed by atoms with Gasteiger partial charge in [0.25, 0.3) is 5.91 Å². The summed E-state index contributed by atoms with van der Waals surface area (Å²) in [6.45, 7) is 5.52. The summed E-state index contributed by atoms with van der Waals surface area (Å²) in [5.41, 5.74) is 1.13. The minimum atomic E-state index is -0.634. The van der Waals surface area contributed by atoms with Crippen molar-refractivity contribution in [2.45, 2.75) is 26.9 Å². The van der Waals surface area contributed by atoms with E-state index in [9.17, 15) is 14.3 Å². The number of aromatic nitrogens is 3. The van der Waals surface area contributed by atoms with Gasteiger partial charge in [0.1, 0.15) is 5.82 Å². The van der Waals surface area contributed by atoms with E-state index in [2.05, 4.69) is 15.6 Å². The Morgan fingerprint density at radius 2 is 2.17 bits per heavy atom. The van der Waals surface area contributed by atoms with Gasteiger partial charge in [0, 0.05) is 6.54 Å². The van der Waals surface area contributed by atoms with Crippen molar-refractivity contribution in [3.05, 3.63) is 40.4 Å². The van der Waals surface area contributed by atoms with Gasteiger partial charge in [-0.15, -0.1) is 5.10 Å². The van der Waals surface area contributed by atoms with Crippen molar-refractivity contribution in [1.29, 1.82) is 0 Å². The maximum Gasteiger partial charge on any atom is 0.273 e. The van der Waals surface area contributed by atoms with E-state index in [0.717, 1.165) is 0 Å². The molecule has 1 unspecified atom stereocenters. The highest BCUT2D eigenvalue weighted by Gasteiger charge is 2.19. The first-order valence-electron chi connectivity index (χ1n) is 7.15. The summed E-state index contributed by atoms with van der Waals surface area (Å²) in [4.78, 5) is 12.1. The fourth-order valence-electron chi connectivity index (χ4n) is 1.92. The Kier molecular flexibility index (Phi) is 5.33. The minimum Gasteiger partial charge on any atom is -0.391 e. The third-order valence-electron chi connectivity index (χ3n) is 3.50. The lowest BCUT2D eigenvalue weighted by molar-refractivity contribution is 0.0866. The average Bonchev–Trinajstić information content (AvgIpc) is 2.89. The topological polar surface area (TPSA) is 80.0 Å². The molecule has 0 bridgehead atoms. The van der Waals surface area contributed by atoms with Gasteiger partial charge in [-0.05, 0) is 31.0 Å². The number of benzene rings is 1. The third kappa shape index (κ3) is 3.86. The lowest BCUT2D eigenvalue weighted by Gasteiger charge is -2.14. The van der Waals surface area contributed by atoms with Crippen LogP contribution in [0.4, 0.5) is 4.39 Å². The first kappa shape index (κ1) is 17.4. The molecule has 0 saturated carbocycles. The van der Waals surface area contributed by atoms with Gasteiger partial charge in [-0.2, -0.15) is 0 Å². The Labute approximate surface area is 138 Å². The van der Waals surface area contributed by atoms with E-state index < -0.39 is 17.8 Å². The summed E-state index contributed by atoms with van der Waals surface area (Å²) in [6.07, 6.45) is -0.634. The quantitative estimate of drug-likeness (QED) is 0.873. The smallest absolute Gasteiger partial charge is 0.273 e. The zero-order valence-corrected chi connectivity index (χ0v) is 13.8. The van der Waals surface area contributed by atoms with Crippen LogP contribution in [-0.4, -0.2) is 38.7 Å². The Morgan fingerprint density at radius 1 is 1.48 bits per heavy atom. The number of carbonyl (C=O) groups is 1. The summed E-state index contributed by atoms with van der Waals surface area (Å²) >= 11 is 5.76. The predicted octanol–water partition coefficient (Wildman–Crippen LogP) is 2.11. The second kappa shape index (κ2) is 7.06. The van der Waals surface area contributed by atoms with E-state index in [1.165, 1.54) is 22.9 Å². The minimum absolute atomic E-state index is 0.0356. The van der Waals surface area contributed by atoms with E-state index in [-0.39, 0.29) is 23.2 Å². The molecule has 1 aromatic heterocycles. The summed E-state index contributed by atoms with van der Waals surface area (Å²) in [6, 6.07) is 4.12. The van der Waals surface area contributed by atoms with Crippen LogP contribution in [0, 0.1) is 18.7 Å². The third-order valence-corrected chi connectivity index (χ3v) is 3.79. The summed E-state index contributed by atoms with van der Waals surface area (Å²) in [5, 5.41) is 20.1. The molecule has 0 radical (unpaired) electrons. The molecule has 0 fully saturated rings. The van der Waals surface area contributed by atoms with E-state index in [1.807, 2.05) is 13.8 Å². The molecule has 1 aromatic carbocycles. The fourth-order valence-corrected chi connectivity index (χ4v) is 2.09. The van der Waals surface area contributed by atoms with Crippen molar-refractivity contribution in [3.8, 4) is 5.69 Å².